The monoisotopic (exact) mass is 268 g/mol. The van der Waals surface area contributed by atoms with E-state index >= 15 is 0 Å². The first-order chi connectivity index (χ1) is 8.69. The molecule has 0 aliphatic rings. The minimum absolute atomic E-state index is 0.00399. The van der Waals surface area contributed by atoms with Crippen LogP contribution >= 0.6 is 0 Å². The van der Waals surface area contributed by atoms with Crippen molar-refractivity contribution in [1.82, 2.24) is 5.32 Å². The number of carbonyl (C=O) groups excluding carboxylic acids is 1. The molecule has 0 aromatic heterocycles. The van der Waals surface area contributed by atoms with E-state index in [4.69, 9.17) is 5.73 Å². The topological polar surface area (TPSA) is 75.3 Å². The number of hydrogen-bond donors (Lipinski definition) is 3. The average Bonchev–Trinajstić information content (AvgIpc) is 2.27. The van der Waals surface area contributed by atoms with Crippen molar-refractivity contribution in [3.05, 3.63) is 29.6 Å². The number of aliphatic hydroxyl groups is 1. The Morgan fingerprint density at radius 3 is 2.63 bits per heavy atom. The highest BCUT2D eigenvalue weighted by atomic mass is 19.1. The molecule has 4 nitrogen and oxygen atoms in total. The Balaban J connectivity index is 2.53. The zero-order valence-corrected chi connectivity index (χ0v) is 11.5. The van der Waals surface area contributed by atoms with Gasteiger partial charge in [-0.25, -0.2) is 4.39 Å². The third-order valence-corrected chi connectivity index (χ3v) is 2.56. The number of rotatable bonds is 4. The molecule has 0 aliphatic carbocycles. The fourth-order valence-electron chi connectivity index (χ4n) is 1.68. The molecule has 0 aliphatic heterocycles. The number of halogens is 1. The van der Waals surface area contributed by atoms with Gasteiger partial charge in [0.05, 0.1) is 11.8 Å². The lowest BCUT2D eigenvalue weighted by Gasteiger charge is -2.21. The summed E-state index contributed by atoms with van der Waals surface area (Å²) in [6.45, 7) is 5.67. The zero-order valence-electron chi connectivity index (χ0n) is 11.5. The standard InChI is InChI=1S/C14H21FN2O2/c1-14(2,3)17-13(19)7-6-12(18)9-4-5-10(15)11(16)8-9/h4-5,8,12,18H,6-7,16H2,1-3H3,(H,17,19). The van der Waals surface area contributed by atoms with Gasteiger partial charge in [0.2, 0.25) is 5.91 Å². The molecule has 0 saturated carbocycles. The minimum atomic E-state index is -0.825. The predicted octanol–water partition coefficient (Wildman–Crippen LogP) is 2.14. The molecule has 1 unspecified atom stereocenters. The summed E-state index contributed by atoms with van der Waals surface area (Å²) in [6.07, 6.45) is -0.350. The number of hydrogen-bond acceptors (Lipinski definition) is 3. The van der Waals surface area contributed by atoms with Gasteiger partial charge in [0.1, 0.15) is 5.82 Å². The van der Waals surface area contributed by atoms with E-state index in [2.05, 4.69) is 5.32 Å². The number of amides is 1. The molecular formula is C14H21FN2O2. The van der Waals surface area contributed by atoms with Crippen LogP contribution in [0.5, 0.6) is 0 Å². The molecule has 5 heteroatoms. The minimum Gasteiger partial charge on any atom is -0.396 e. The first-order valence-corrected chi connectivity index (χ1v) is 6.23. The summed E-state index contributed by atoms with van der Waals surface area (Å²) in [5.41, 5.74) is 5.66. The number of nitrogen functional groups attached to an aromatic ring is 1. The van der Waals surface area contributed by atoms with Crippen LogP contribution in [0.3, 0.4) is 0 Å². The number of nitrogens with two attached hydrogens (primary N) is 1. The molecule has 0 heterocycles. The highest BCUT2D eigenvalue weighted by Crippen LogP contribution is 2.22. The molecule has 19 heavy (non-hydrogen) atoms. The van der Waals surface area contributed by atoms with E-state index in [1.807, 2.05) is 20.8 Å². The average molecular weight is 268 g/mol. The van der Waals surface area contributed by atoms with Crippen molar-refractivity contribution >= 4 is 11.6 Å². The molecule has 106 valence electrons. The number of benzene rings is 1. The molecule has 1 rings (SSSR count). The van der Waals surface area contributed by atoms with Crippen molar-refractivity contribution in [1.29, 1.82) is 0 Å². The number of nitrogens with one attached hydrogen (secondary N) is 1. The maximum atomic E-state index is 13.0. The van der Waals surface area contributed by atoms with E-state index in [0.29, 0.717) is 5.56 Å². The van der Waals surface area contributed by atoms with Gasteiger partial charge in [0.15, 0.2) is 0 Å². The maximum Gasteiger partial charge on any atom is 0.220 e. The van der Waals surface area contributed by atoms with Gasteiger partial charge in [-0.3, -0.25) is 4.79 Å². The third kappa shape index (κ3) is 5.26. The van der Waals surface area contributed by atoms with Crippen LogP contribution in [0.15, 0.2) is 18.2 Å². The van der Waals surface area contributed by atoms with Crippen molar-refractivity contribution in [2.24, 2.45) is 0 Å². The van der Waals surface area contributed by atoms with E-state index in [-0.39, 0.29) is 30.0 Å². The van der Waals surface area contributed by atoms with Crippen LogP contribution in [-0.2, 0) is 4.79 Å². The van der Waals surface area contributed by atoms with Crippen LogP contribution < -0.4 is 11.1 Å². The quantitative estimate of drug-likeness (QED) is 0.732. The Kier molecular flexibility index (Phi) is 4.89. The molecule has 0 spiro atoms. The highest BCUT2D eigenvalue weighted by molar-refractivity contribution is 5.76. The molecule has 1 aromatic rings. The van der Waals surface area contributed by atoms with Gasteiger partial charge in [-0.15, -0.1) is 0 Å². The van der Waals surface area contributed by atoms with Crippen LogP contribution in [0.4, 0.5) is 10.1 Å². The summed E-state index contributed by atoms with van der Waals surface area (Å²) in [5, 5.41) is 12.7. The largest absolute Gasteiger partial charge is 0.396 e. The summed E-state index contributed by atoms with van der Waals surface area (Å²) < 4.78 is 13.0. The maximum absolute atomic E-state index is 13.0. The van der Waals surface area contributed by atoms with Gasteiger partial charge in [0.25, 0.3) is 0 Å². The molecule has 0 fully saturated rings. The second-order valence-corrected chi connectivity index (χ2v) is 5.63. The highest BCUT2D eigenvalue weighted by Gasteiger charge is 2.16. The lowest BCUT2D eigenvalue weighted by molar-refractivity contribution is -0.123. The fourth-order valence-corrected chi connectivity index (χ4v) is 1.68. The van der Waals surface area contributed by atoms with E-state index in [9.17, 15) is 14.3 Å². The molecule has 1 amide bonds. The molecule has 1 atom stereocenters. The Bertz CT molecular complexity index is 455. The Morgan fingerprint density at radius 2 is 2.11 bits per heavy atom. The van der Waals surface area contributed by atoms with E-state index < -0.39 is 11.9 Å². The normalized spacial score (nSPS) is 13.1. The van der Waals surface area contributed by atoms with Crippen molar-refractivity contribution in [3.8, 4) is 0 Å². The van der Waals surface area contributed by atoms with Gasteiger partial charge < -0.3 is 16.2 Å². The second-order valence-electron chi connectivity index (χ2n) is 5.63. The fraction of sp³-hybridized carbons (Fsp3) is 0.500. The van der Waals surface area contributed by atoms with Crippen molar-refractivity contribution < 1.29 is 14.3 Å². The van der Waals surface area contributed by atoms with E-state index in [1.54, 1.807) is 0 Å². The van der Waals surface area contributed by atoms with Crippen LogP contribution in [-0.4, -0.2) is 16.6 Å². The number of anilines is 1. The van der Waals surface area contributed by atoms with Crippen molar-refractivity contribution in [2.75, 3.05) is 5.73 Å². The van der Waals surface area contributed by atoms with E-state index in [1.165, 1.54) is 18.2 Å². The number of aliphatic hydroxyl groups excluding tert-OH is 1. The molecule has 0 saturated heterocycles. The SMILES string of the molecule is CC(C)(C)NC(=O)CCC(O)c1ccc(F)c(N)c1. The predicted molar refractivity (Wildman–Crippen MR) is 72.9 cm³/mol. The van der Waals surface area contributed by atoms with Gasteiger partial charge in [-0.1, -0.05) is 6.07 Å². The molecule has 4 N–H and O–H groups in total. The second kappa shape index (κ2) is 6.02. The first-order valence-electron chi connectivity index (χ1n) is 6.23. The summed E-state index contributed by atoms with van der Waals surface area (Å²) in [6, 6.07) is 4.07. The first kappa shape index (κ1) is 15.4. The van der Waals surface area contributed by atoms with Gasteiger partial charge >= 0.3 is 0 Å². The number of carbonyl (C=O) groups is 1. The summed E-state index contributed by atoms with van der Waals surface area (Å²) >= 11 is 0. The molecule has 1 aromatic carbocycles. The summed E-state index contributed by atoms with van der Waals surface area (Å²) in [5.74, 6) is -0.636. The Morgan fingerprint density at radius 1 is 1.47 bits per heavy atom. The lowest BCUT2D eigenvalue weighted by atomic mass is 10.0. The van der Waals surface area contributed by atoms with E-state index in [0.717, 1.165) is 0 Å². The lowest BCUT2D eigenvalue weighted by Crippen LogP contribution is -2.40. The smallest absolute Gasteiger partial charge is 0.220 e. The molecule has 0 radical (unpaired) electrons. The van der Waals surface area contributed by atoms with Gasteiger partial charge in [-0.2, -0.15) is 0 Å². The van der Waals surface area contributed by atoms with Crippen LogP contribution in [0.2, 0.25) is 0 Å². The zero-order chi connectivity index (χ0) is 14.6. The Hall–Kier alpha value is -1.62. The van der Waals surface area contributed by atoms with Crippen LogP contribution in [0, 0.1) is 5.82 Å². The molecular weight excluding hydrogens is 247 g/mol. The van der Waals surface area contributed by atoms with Crippen molar-refractivity contribution in [2.45, 2.75) is 45.3 Å². The summed E-state index contributed by atoms with van der Waals surface area (Å²) in [7, 11) is 0. The third-order valence-electron chi connectivity index (χ3n) is 2.56. The van der Waals surface area contributed by atoms with Gasteiger partial charge in [0, 0.05) is 12.0 Å². The van der Waals surface area contributed by atoms with Crippen LogP contribution in [0.25, 0.3) is 0 Å². The van der Waals surface area contributed by atoms with Gasteiger partial charge in [-0.05, 0) is 44.9 Å². The van der Waals surface area contributed by atoms with Crippen molar-refractivity contribution in [3.63, 3.8) is 0 Å². The van der Waals surface area contributed by atoms with Crippen LogP contribution in [0.1, 0.15) is 45.3 Å². The Labute approximate surface area is 112 Å². The summed E-state index contributed by atoms with van der Waals surface area (Å²) in [4.78, 5) is 11.6. The molecule has 0 bridgehead atoms.